The molecule has 0 aliphatic rings. The molecule has 0 bridgehead atoms. The van der Waals surface area contributed by atoms with Gasteiger partial charge in [-0.05, 0) is 29.7 Å². The Morgan fingerprint density at radius 2 is 1.50 bits per heavy atom. The SMILES string of the molecule is CCCC(=O)Nc1ccc(CNC(=NC)NCc2ccccc2)cc1.I. The normalized spacial score (nSPS) is 10.6. The zero-order chi connectivity index (χ0) is 17.9. The maximum atomic E-state index is 11.6. The predicted molar refractivity (Wildman–Crippen MR) is 119 cm³/mol. The molecule has 140 valence electrons. The van der Waals surface area contributed by atoms with E-state index in [1.807, 2.05) is 49.4 Å². The lowest BCUT2D eigenvalue weighted by Gasteiger charge is -2.12. The minimum atomic E-state index is 0. The van der Waals surface area contributed by atoms with Crippen molar-refractivity contribution in [3.8, 4) is 0 Å². The summed E-state index contributed by atoms with van der Waals surface area (Å²) < 4.78 is 0. The molecule has 6 heteroatoms. The second-order valence-corrected chi connectivity index (χ2v) is 5.76. The van der Waals surface area contributed by atoms with Gasteiger partial charge in [-0.1, -0.05) is 49.4 Å². The highest BCUT2D eigenvalue weighted by Gasteiger charge is 2.02. The molecular formula is C20H27IN4O. The third kappa shape index (κ3) is 7.86. The van der Waals surface area contributed by atoms with Crippen molar-refractivity contribution in [1.29, 1.82) is 0 Å². The van der Waals surface area contributed by atoms with Crippen LogP contribution >= 0.6 is 24.0 Å². The number of nitrogens with one attached hydrogen (secondary N) is 3. The first-order valence-corrected chi connectivity index (χ1v) is 8.58. The quantitative estimate of drug-likeness (QED) is 0.330. The van der Waals surface area contributed by atoms with Crippen LogP contribution in [0.4, 0.5) is 5.69 Å². The van der Waals surface area contributed by atoms with Crippen LogP contribution in [0.1, 0.15) is 30.9 Å². The van der Waals surface area contributed by atoms with Gasteiger partial charge in [0.15, 0.2) is 5.96 Å². The standard InChI is InChI=1S/C20H26N4O.HI/c1-3-7-19(25)24-18-12-10-17(11-13-18)15-23-20(21-2)22-14-16-8-5-4-6-9-16;/h4-6,8-13H,3,7,14-15H2,1-2H3,(H,24,25)(H2,21,22,23);1H. The van der Waals surface area contributed by atoms with E-state index in [9.17, 15) is 4.79 Å². The van der Waals surface area contributed by atoms with Gasteiger partial charge in [0.1, 0.15) is 0 Å². The van der Waals surface area contributed by atoms with Gasteiger partial charge in [0.2, 0.25) is 5.91 Å². The molecular weight excluding hydrogens is 439 g/mol. The van der Waals surface area contributed by atoms with Crippen LogP contribution in [0, 0.1) is 0 Å². The van der Waals surface area contributed by atoms with E-state index in [0.29, 0.717) is 13.0 Å². The largest absolute Gasteiger partial charge is 0.352 e. The molecule has 1 amide bonds. The number of benzene rings is 2. The molecule has 2 aromatic rings. The molecule has 0 aliphatic heterocycles. The number of halogens is 1. The first-order chi connectivity index (χ1) is 12.2. The fraction of sp³-hybridized carbons (Fsp3) is 0.300. The Kier molecular flexibility index (Phi) is 10.4. The van der Waals surface area contributed by atoms with E-state index in [1.165, 1.54) is 5.56 Å². The molecule has 0 spiro atoms. The Morgan fingerprint density at radius 3 is 2.04 bits per heavy atom. The van der Waals surface area contributed by atoms with Gasteiger partial charge in [-0.15, -0.1) is 24.0 Å². The van der Waals surface area contributed by atoms with Gasteiger partial charge in [0, 0.05) is 32.2 Å². The lowest BCUT2D eigenvalue weighted by Crippen LogP contribution is -2.36. The van der Waals surface area contributed by atoms with E-state index in [1.54, 1.807) is 7.05 Å². The third-order valence-corrected chi connectivity index (χ3v) is 3.70. The van der Waals surface area contributed by atoms with Crippen molar-refractivity contribution in [2.24, 2.45) is 4.99 Å². The van der Waals surface area contributed by atoms with Crippen LogP contribution in [0.2, 0.25) is 0 Å². The summed E-state index contributed by atoms with van der Waals surface area (Å²) >= 11 is 0. The average Bonchev–Trinajstić information content (AvgIpc) is 2.64. The van der Waals surface area contributed by atoms with Crippen molar-refractivity contribution in [2.75, 3.05) is 12.4 Å². The summed E-state index contributed by atoms with van der Waals surface area (Å²) in [4.78, 5) is 15.8. The molecule has 0 saturated carbocycles. The minimum absolute atomic E-state index is 0. The number of aliphatic imine (C=N–C) groups is 1. The maximum Gasteiger partial charge on any atom is 0.224 e. The van der Waals surface area contributed by atoms with Crippen molar-refractivity contribution in [2.45, 2.75) is 32.9 Å². The number of nitrogens with zero attached hydrogens (tertiary/aromatic N) is 1. The van der Waals surface area contributed by atoms with Crippen LogP contribution in [0.25, 0.3) is 0 Å². The molecule has 0 heterocycles. The number of hydrogen-bond acceptors (Lipinski definition) is 2. The van der Waals surface area contributed by atoms with Gasteiger partial charge in [0.25, 0.3) is 0 Å². The Bertz CT molecular complexity index is 687. The van der Waals surface area contributed by atoms with Crippen LogP contribution in [0.5, 0.6) is 0 Å². The average molecular weight is 466 g/mol. The van der Waals surface area contributed by atoms with Gasteiger partial charge in [-0.3, -0.25) is 9.79 Å². The minimum Gasteiger partial charge on any atom is -0.352 e. The summed E-state index contributed by atoms with van der Waals surface area (Å²) in [5, 5.41) is 9.47. The van der Waals surface area contributed by atoms with Gasteiger partial charge < -0.3 is 16.0 Å². The summed E-state index contributed by atoms with van der Waals surface area (Å²) in [5.41, 5.74) is 3.16. The van der Waals surface area contributed by atoms with Crippen LogP contribution in [-0.4, -0.2) is 18.9 Å². The van der Waals surface area contributed by atoms with Crippen LogP contribution in [-0.2, 0) is 17.9 Å². The lowest BCUT2D eigenvalue weighted by atomic mass is 10.2. The Labute approximate surface area is 172 Å². The van der Waals surface area contributed by atoms with E-state index < -0.39 is 0 Å². The van der Waals surface area contributed by atoms with E-state index in [0.717, 1.165) is 30.2 Å². The number of guanidine groups is 1. The van der Waals surface area contributed by atoms with Gasteiger partial charge in [-0.2, -0.15) is 0 Å². The van der Waals surface area contributed by atoms with Crippen molar-refractivity contribution < 1.29 is 4.79 Å². The summed E-state index contributed by atoms with van der Waals surface area (Å²) in [5.74, 6) is 0.808. The fourth-order valence-electron chi connectivity index (χ4n) is 2.34. The number of hydrogen-bond donors (Lipinski definition) is 3. The molecule has 0 aromatic heterocycles. The summed E-state index contributed by atoms with van der Waals surface area (Å²) in [7, 11) is 1.76. The molecule has 0 unspecified atom stereocenters. The molecule has 2 aromatic carbocycles. The maximum absolute atomic E-state index is 11.6. The van der Waals surface area contributed by atoms with E-state index in [-0.39, 0.29) is 29.9 Å². The first-order valence-electron chi connectivity index (χ1n) is 8.58. The monoisotopic (exact) mass is 466 g/mol. The van der Waals surface area contributed by atoms with E-state index in [2.05, 4.69) is 33.1 Å². The van der Waals surface area contributed by atoms with Gasteiger partial charge in [-0.25, -0.2) is 0 Å². The van der Waals surface area contributed by atoms with E-state index in [4.69, 9.17) is 0 Å². The number of carbonyl (C=O) groups is 1. The summed E-state index contributed by atoms with van der Waals surface area (Å²) in [6.07, 6.45) is 1.40. The fourth-order valence-corrected chi connectivity index (χ4v) is 2.34. The molecule has 0 radical (unpaired) electrons. The molecule has 0 aliphatic carbocycles. The van der Waals surface area contributed by atoms with Crippen molar-refractivity contribution in [3.63, 3.8) is 0 Å². The Hall–Kier alpha value is -2.09. The Morgan fingerprint density at radius 1 is 0.923 bits per heavy atom. The second kappa shape index (κ2) is 12.3. The number of anilines is 1. The van der Waals surface area contributed by atoms with Crippen LogP contribution in [0.3, 0.4) is 0 Å². The predicted octanol–water partition coefficient (Wildman–Crippen LogP) is 3.91. The first kappa shape index (κ1) is 22.0. The van der Waals surface area contributed by atoms with E-state index >= 15 is 0 Å². The van der Waals surface area contributed by atoms with Crippen LogP contribution in [0.15, 0.2) is 59.6 Å². The molecule has 2 rings (SSSR count). The number of rotatable bonds is 7. The molecule has 3 N–H and O–H groups in total. The highest BCUT2D eigenvalue weighted by molar-refractivity contribution is 14.0. The van der Waals surface area contributed by atoms with Crippen molar-refractivity contribution in [3.05, 3.63) is 65.7 Å². The number of carbonyl (C=O) groups excluding carboxylic acids is 1. The highest BCUT2D eigenvalue weighted by Crippen LogP contribution is 2.10. The zero-order valence-corrected chi connectivity index (χ0v) is 17.6. The summed E-state index contributed by atoms with van der Waals surface area (Å²) in [6, 6.07) is 18.0. The lowest BCUT2D eigenvalue weighted by molar-refractivity contribution is -0.116. The molecule has 0 saturated heterocycles. The molecule has 26 heavy (non-hydrogen) atoms. The molecule has 0 fully saturated rings. The molecule has 5 nitrogen and oxygen atoms in total. The van der Waals surface area contributed by atoms with Crippen molar-refractivity contribution in [1.82, 2.24) is 10.6 Å². The third-order valence-electron chi connectivity index (χ3n) is 3.70. The smallest absolute Gasteiger partial charge is 0.224 e. The van der Waals surface area contributed by atoms with Crippen molar-refractivity contribution >= 4 is 41.5 Å². The highest BCUT2D eigenvalue weighted by atomic mass is 127. The summed E-state index contributed by atoms with van der Waals surface area (Å²) in [6.45, 7) is 3.38. The van der Waals surface area contributed by atoms with Gasteiger partial charge >= 0.3 is 0 Å². The van der Waals surface area contributed by atoms with Gasteiger partial charge in [0.05, 0.1) is 0 Å². The molecule has 0 atom stereocenters. The Balaban J connectivity index is 0.00000338. The second-order valence-electron chi connectivity index (χ2n) is 5.76. The zero-order valence-electron chi connectivity index (χ0n) is 15.3. The number of amides is 1. The topological polar surface area (TPSA) is 65.5 Å². The van der Waals surface area contributed by atoms with Crippen LogP contribution < -0.4 is 16.0 Å².